The maximum Gasteiger partial charge on any atom is 0.259 e. The molecule has 0 aliphatic heterocycles. The highest BCUT2D eigenvalue weighted by atomic mass is 16.5. The Bertz CT molecular complexity index is 1200. The van der Waals surface area contributed by atoms with Crippen LogP contribution in [0, 0.1) is 0 Å². The van der Waals surface area contributed by atoms with Gasteiger partial charge in [-0.2, -0.15) is 0 Å². The van der Waals surface area contributed by atoms with Crippen molar-refractivity contribution >= 4 is 22.7 Å². The Morgan fingerprint density at radius 2 is 1.93 bits per heavy atom. The van der Waals surface area contributed by atoms with Crippen molar-refractivity contribution in [1.29, 1.82) is 0 Å². The number of ether oxygens (including phenoxy) is 1. The minimum absolute atomic E-state index is 0.236. The SMILES string of the molecule is CCC(C)c1ccc2oc(-c3cccc(NC(=O)c4ccccc4OC)c3)nc2c1. The molecule has 1 aromatic heterocycles. The van der Waals surface area contributed by atoms with Crippen molar-refractivity contribution in [2.45, 2.75) is 26.2 Å². The molecular formula is C25H24N2O3. The van der Waals surface area contributed by atoms with Crippen molar-refractivity contribution in [1.82, 2.24) is 4.98 Å². The van der Waals surface area contributed by atoms with Crippen molar-refractivity contribution in [3.05, 3.63) is 77.9 Å². The van der Waals surface area contributed by atoms with Crippen LogP contribution < -0.4 is 10.1 Å². The molecule has 3 aromatic carbocycles. The van der Waals surface area contributed by atoms with Crippen LogP contribution in [0.1, 0.15) is 42.1 Å². The summed E-state index contributed by atoms with van der Waals surface area (Å²) in [4.78, 5) is 17.3. The van der Waals surface area contributed by atoms with Gasteiger partial charge in [-0.15, -0.1) is 0 Å². The normalized spacial score (nSPS) is 12.0. The van der Waals surface area contributed by atoms with Crippen LogP contribution in [0.4, 0.5) is 5.69 Å². The summed E-state index contributed by atoms with van der Waals surface area (Å²) < 4.78 is 11.2. The van der Waals surface area contributed by atoms with Gasteiger partial charge in [-0.3, -0.25) is 4.79 Å². The molecule has 0 saturated heterocycles. The summed E-state index contributed by atoms with van der Waals surface area (Å²) in [5, 5.41) is 2.92. The minimum atomic E-state index is -0.236. The van der Waals surface area contributed by atoms with Crippen molar-refractivity contribution in [3.63, 3.8) is 0 Å². The number of benzene rings is 3. The van der Waals surface area contributed by atoms with Gasteiger partial charge >= 0.3 is 0 Å². The summed E-state index contributed by atoms with van der Waals surface area (Å²) in [5.74, 6) is 1.30. The highest BCUT2D eigenvalue weighted by Crippen LogP contribution is 2.29. The number of hydrogen-bond donors (Lipinski definition) is 1. The van der Waals surface area contributed by atoms with E-state index in [-0.39, 0.29) is 5.91 Å². The number of hydrogen-bond acceptors (Lipinski definition) is 4. The Morgan fingerprint density at radius 3 is 2.73 bits per heavy atom. The number of nitrogens with one attached hydrogen (secondary N) is 1. The summed E-state index contributed by atoms with van der Waals surface area (Å²) in [7, 11) is 1.55. The molecule has 0 bridgehead atoms. The van der Waals surface area contributed by atoms with E-state index in [2.05, 4.69) is 36.3 Å². The van der Waals surface area contributed by atoms with Crippen molar-refractivity contribution in [2.75, 3.05) is 12.4 Å². The number of para-hydroxylation sites is 1. The van der Waals surface area contributed by atoms with E-state index < -0.39 is 0 Å². The fourth-order valence-electron chi connectivity index (χ4n) is 3.37. The second-order valence-electron chi connectivity index (χ2n) is 7.29. The van der Waals surface area contributed by atoms with Crippen LogP contribution in [0.3, 0.4) is 0 Å². The first-order valence-electron chi connectivity index (χ1n) is 10.0. The zero-order chi connectivity index (χ0) is 21.1. The topological polar surface area (TPSA) is 64.4 Å². The van der Waals surface area contributed by atoms with Gasteiger partial charge in [0.1, 0.15) is 11.3 Å². The van der Waals surface area contributed by atoms with Gasteiger partial charge in [0.2, 0.25) is 5.89 Å². The lowest BCUT2D eigenvalue weighted by Crippen LogP contribution is -2.13. The predicted octanol–water partition coefficient (Wildman–Crippen LogP) is 6.27. The highest BCUT2D eigenvalue weighted by molar-refractivity contribution is 6.06. The molecule has 0 fully saturated rings. The number of nitrogens with zero attached hydrogens (tertiary/aromatic N) is 1. The lowest BCUT2D eigenvalue weighted by atomic mass is 9.98. The molecule has 0 aliphatic carbocycles. The van der Waals surface area contributed by atoms with E-state index in [4.69, 9.17) is 9.15 Å². The van der Waals surface area contributed by atoms with Crippen molar-refractivity contribution < 1.29 is 13.9 Å². The summed E-state index contributed by atoms with van der Waals surface area (Å²) >= 11 is 0. The second kappa shape index (κ2) is 8.41. The average molecular weight is 400 g/mol. The van der Waals surface area contributed by atoms with E-state index in [9.17, 15) is 4.79 Å². The van der Waals surface area contributed by atoms with Crippen molar-refractivity contribution in [3.8, 4) is 17.2 Å². The Balaban J connectivity index is 1.61. The Hall–Kier alpha value is -3.60. The maximum atomic E-state index is 12.7. The van der Waals surface area contributed by atoms with Crippen LogP contribution in [-0.2, 0) is 0 Å². The van der Waals surface area contributed by atoms with Gasteiger partial charge in [0.15, 0.2) is 5.58 Å². The third-order valence-corrected chi connectivity index (χ3v) is 5.31. The van der Waals surface area contributed by atoms with Crippen LogP contribution in [0.15, 0.2) is 71.1 Å². The average Bonchev–Trinajstić information content (AvgIpc) is 3.22. The molecular weight excluding hydrogens is 376 g/mol. The molecule has 1 atom stereocenters. The Morgan fingerprint density at radius 1 is 1.10 bits per heavy atom. The van der Waals surface area contributed by atoms with E-state index in [1.54, 1.807) is 25.3 Å². The number of methoxy groups -OCH3 is 1. The number of fused-ring (bicyclic) bond motifs is 1. The molecule has 4 aromatic rings. The van der Waals surface area contributed by atoms with Gasteiger partial charge in [-0.25, -0.2) is 4.98 Å². The predicted molar refractivity (Wildman–Crippen MR) is 119 cm³/mol. The molecule has 1 N–H and O–H groups in total. The number of aromatic nitrogens is 1. The standard InChI is InChI=1S/C25H24N2O3/c1-4-16(2)17-12-13-23-21(15-17)27-25(30-23)18-8-7-9-19(14-18)26-24(28)20-10-5-6-11-22(20)29-3/h5-16H,4H2,1-3H3,(H,26,28). The van der Waals surface area contributed by atoms with E-state index in [1.165, 1.54) is 5.56 Å². The summed E-state index contributed by atoms with van der Waals surface area (Å²) in [6.45, 7) is 4.38. The largest absolute Gasteiger partial charge is 0.496 e. The van der Waals surface area contributed by atoms with Crippen LogP contribution in [0.25, 0.3) is 22.6 Å². The van der Waals surface area contributed by atoms with Gasteiger partial charge in [-0.1, -0.05) is 38.1 Å². The summed E-state index contributed by atoms with van der Waals surface area (Å²) in [6, 6.07) is 20.8. The van der Waals surface area contributed by atoms with Crippen LogP contribution in [0.2, 0.25) is 0 Å². The van der Waals surface area contributed by atoms with Crippen LogP contribution >= 0.6 is 0 Å². The van der Waals surface area contributed by atoms with E-state index >= 15 is 0 Å². The number of rotatable bonds is 6. The molecule has 4 rings (SSSR count). The molecule has 0 saturated carbocycles. The first-order chi connectivity index (χ1) is 14.6. The lowest BCUT2D eigenvalue weighted by molar-refractivity contribution is 0.102. The summed E-state index contributed by atoms with van der Waals surface area (Å²) in [5.41, 5.74) is 4.78. The zero-order valence-electron chi connectivity index (χ0n) is 17.3. The monoisotopic (exact) mass is 400 g/mol. The van der Waals surface area contributed by atoms with Gasteiger partial charge in [-0.05, 0) is 60.4 Å². The van der Waals surface area contributed by atoms with Crippen LogP contribution in [-0.4, -0.2) is 18.0 Å². The zero-order valence-corrected chi connectivity index (χ0v) is 17.3. The van der Waals surface area contributed by atoms with E-state index in [1.807, 2.05) is 36.4 Å². The van der Waals surface area contributed by atoms with Gasteiger partial charge in [0.25, 0.3) is 5.91 Å². The van der Waals surface area contributed by atoms with Crippen molar-refractivity contribution in [2.24, 2.45) is 0 Å². The van der Waals surface area contributed by atoms with Crippen LogP contribution in [0.5, 0.6) is 5.75 Å². The van der Waals surface area contributed by atoms with E-state index in [0.717, 1.165) is 23.1 Å². The quantitative estimate of drug-likeness (QED) is 0.414. The fourth-order valence-corrected chi connectivity index (χ4v) is 3.37. The molecule has 152 valence electrons. The smallest absolute Gasteiger partial charge is 0.259 e. The molecule has 0 aliphatic rings. The second-order valence-corrected chi connectivity index (χ2v) is 7.29. The first kappa shape index (κ1) is 19.7. The van der Waals surface area contributed by atoms with Gasteiger partial charge in [0.05, 0.1) is 12.7 Å². The molecule has 5 nitrogen and oxygen atoms in total. The third-order valence-electron chi connectivity index (χ3n) is 5.31. The third kappa shape index (κ3) is 3.92. The number of oxazole rings is 1. The Kier molecular flexibility index (Phi) is 5.53. The molecule has 30 heavy (non-hydrogen) atoms. The number of carbonyl (C=O) groups is 1. The van der Waals surface area contributed by atoms with Gasteiger partial charge < -0.3 is 14.5 Å². The lowest BCUT2D eigenvalue weighted by Gasteiger charge is -2.09. The molecule has 1 heterocycles. The molecule has 1 amide bonds. The number of carbonyl (C=O) groups excluding carboxylic acids is 1. The fraction of sp³-hybridized carbons (Fsp3) is 0.200. The molecule has 5 heteroatoms. The maximum absolute atomic E-state index is 12.7. The number of anilines is 1. The highest BCUT2D eigenvalue weighted by Gasteiger charge is 2.14. The Labute approximate surface area is 175 Å². The summed E-state index contributed by atoms with van der Waals surface area (Å²) in [6.07, 6.45) is 1.07. The van der Waals surface area contributed by atoms with E-state index in [0.29, 0.717) is 28.8 Å². The number of amides is 1. The van der Waals surface area contributed by atoms with Gasteiger partial charge in [0, 0.05) is 11.3 Å². The molecule has 0 radical (unpaired) electrons. The first-order valence-corrected chi connectivity index (χ1v) is 10.0. The molecule has 0 spiro atoms. The molecule has 1 unspecified atom stereocenters. The minimum Gasteiger partial charge on any atom is -0.496 e.